The monoisotopic (exact) mass is 394 g/mol. The fourth-order valence-electron chi connectivity index (χ4n) is 1.67. The van der Waals surface area contributed by atoms with Crippen molar-refractivity contribution in [2.75, 3.05) is 43.9 Å². The maximum Gasteiger partial charge on any atom is 0.411 e. The SMILES string of the molecule is C=COCOCCOC(=O)Nc1cccc(NC(=O)OCCOC(=O)C=C)c1. The molecular weight excluding hydrogens is 372 g/mol. The molecule has 10 nitrogen and oxygen atoms in total. The smallest absolute Gasteiger partial charge is 0.411 e. The van der Waals surface area contributed by atoms with Gasteiger partial charge in [0.2, 0.25) is 0 Å². The molecule has 0 saturated heterocycles. The van der Waals surface area contributed by atoms with Crippen LogP contribution in [0.2, 0.25) is 0 Å². The number of carbonyl (C=O) groups excluding carboxylic acids is 3. The summed E-state index contributed by atoms with van der Waals surface area (Å²) in [5, 5.41) is 4.98. The number of nitrogens with one attached hydrogen (secondary N) is 2. The van der Waals surface area contributed by atoms with Crippen LogP contribution in [0.25, 0.3) is 0 Å². The van der Waals surface area contributed by atoms with Crippen molar-refractivity contribution in [3.05, 3.63) is 49.8 Å². The highest BCUT2D eigenvalue weighted by molar-refractivity contribution is 5.88. The third-order valence-electron chi connectivity index (χ3n) is 2.81. The second kappa shape index (κ2) is 13.6. The van der Waals surface area contributed by atoms with E-state index in [0.29, 0.717) is 11.4 Å². The molecule has 0 bridgehead atoms. The Morgan fingerprint density at radius 1 is 0.893 bits per heavy atom. The molecular formula is C18H22N2O8. The van der Waals surface area contributed by atoms with Crippen LogP contribution in [0.1, 0.15) is 0 Å². The van der Waals surface area contributed by atoms with Crippen LogP contribution in [0.4, 0.5) is 21.0 Å². The molecule has 0 heterocycles. The Bertz CT molecular complexity index is 677. The van der Waals surface area contributed by atoms with E-state index in [4.69, 9.17) is 18.9 Å². The molecule has 0 aromatic heterocycles. The lowest BCUT2D eigenvalue weighted by Crippen LogP contribution is -2.18. The number of rotatable bonds is 12. The number of ether oxygens (including phenoxy) is 5. The molecule has 10 heteroatoms. The highest BCUT2D eigenvalue weighted by Gasteiger charge is 2.07. The number of esters is 1. The molecule has 152 valence electrons. The van der Waals surface area contributed by atoms with Crippen molar-refractivity contribution in [3.8, 4) is 0 Å². The number of anilines is 2. The van der Waals surface area contributed by atoms with Crippen molar-refractivity contribution in [1.82, 2.24) is 0 Å². The van der Waals surface area contributed by atoms with E-state index >= 15 is 0 Å². The Kier molecular flexibility index (Phi) is 11.0. The van der Waals surface area contributed by atoms with Gasteiger partial charge in [0.05, 0.1) is 12.9 Å². The van der Waals surface area contributed by atoms with Crippen LogP contribution in [0, 0.1) is 0 Å². The van der Waals surface area contributed by atoms with Crippen molar-refractivity contribution in [2.24, 2.45) is 0 Å². The van der Waals surface area contributed by atoms with Crippen LogP contribution < -0.4 is 10.6 Å². The van der Waals surface area contributed by atoms with Gasteiger partial charge in [-0.05, 0) is 18.2 Å². The summed E-state index contributed by atoms with van der Waals surface area (Å²) in [6.07, 6.45) is 0.820. The molecule has 0 aliphatic carbocycles. The van der Waals surface area contributed by atoms with Gasteiger partial charge in [-0.25, -0.2) is 14.4 Å². The summed E-state index contributed by atoms with van der Waals surface area (Å²) in [5.74, 6) is -0.605. The Labute approximate surface area is 162 Å². The lowest BCUT2D eigenvalue weighted by Gasteiger charge is -2.10. The molecule has 0 unspecified atom stereocenters. The van der Waals surface area contributed by atoms with Gasteiger partial charge in [0.15, 0.2) is 6.79 Å². The fourth-order valence-corrected chi connectivity index (χ4v) is 1.67. The largest absolute Gasteiger partial charge is 0.476 e. The van der Waals surface area contributed by atoms with Gasteiger partial charge in [0, 0.05) is 17.5 Å². The molecule has 0 aliphatic heterocycles. The normalized spacial score (nSPS) is 9.57. The molecule has 0 saturated carbocycles. The van der Waals surface area contributed by atoms with E-state index in [-0.39, 0.29) is 33.2 Å². The zero-order chi connectivity index (χ0) is 20.6. The minimum absolute atomic E-state index is 0.0228. The van der Waals surface area contributed by atoms with Gasteiger partial charge in [0.25, 0.3) is 0 Å². The lowest BCUT2D eigenvalue weighted by molar-refractivity contribution is -0.138. The second-order valence-electron chi connectivity index (χ2n) is 4.83. The molecule has 1 aromatic carbocycles. The maximum absolute atomic E-state index is 11.7. The highest BCUT2D eigenvalue weighted by atomic mass is 16.7. The van der Waals surface area contributed by atoms with Gasteiger partial charge < -0.3 is 23.7 Å². The Morgan fingerprint density at radius 3 is 2.04 bits per heavy atom. The minimum Gasteiger partial charge on any atom is -0.476 e. The first kappa shape index (κ1) is 22.5. The molecule has 0 fully saturated rings. The lowest BCUT2D eigenvalue weighted by atomic mass is 10.3. The first-order chi connectivity index (χ1) is 13.5. The van der Waals surface area contributed by atoms with Crippen LogP contribution in [0.15, 0.2) is 49.8 Å². The third kappa shape index (κ3) is 10.5. The second-order valence-corrected chi connectivity index (χ2v) is 4.83. The number of carbonyl (C=O) groups is 3. The van der Waals surface area contributed by atoms with Gasteiger partial charge in [0.1, 0.15) is 19.8 Å². The van der Waals surface area contributed by atoms with E-state index in [2.05, 4.69) is 28.5 Å². The van der Waals surface area contributed by atoms with Crippen LogP contribution in [-0.2, 0) is 28.5 Å². The molecule has 28 heavy (non-hydrogen) atoms. The average molecular weight is 394 g/mol. The van der Waals surface area contributed by atoms with Crippen LogP contribution >= 0.6 is 0 Å². The summed E-state index contributed by atoms with van der Waals surface area (Å²) in [6.45, 7) is 6.61. The van der Waals surface area contributed by atoms with E-state index in [9.17, 15) is 14.4 Å². The van der Waals surface area contributed by atoms with Crippen LogP contribution in [-0.4, -0.2) is 51.4 Å². The quantitative estimate of drug-likeness (QED) is 0.139. The summed E-state index contributed by atoms with van der Waals surface area (Å²) in [4.78, 5) is 34.2. The van der Waals surface area contributed by atoms with E-state index < -0.39 is 18.2 Å². The van der Waals surface area contributed by atoms with Gasteiger partial charge in [-0.15, -0.1) is 0 Å². The van der Waals surface area contributed by atoms with Gasteiger partial charge in [-0.2, -0.15) is 0 Å². The number of hydrogen-bond acceptors (Lipinski definition) is 8. The summed E-state index contributed by atoms with van der Waals surface area (Å²) in [7, 11) is 0. The zero-order valence-corrected chi connectivity index (χ0v) is 15.2. The first-order valence-corrected chi connectivity index (χ1v) is 8.12. The summed E-state index contributed by atoms with van der Waals surface area (Å²) in [6, 6.07) is 6.34. The molecule has 2 amide bonds. The molecule has 0 spiro atoms. The zero-order valence-electron chi connectivity index (χ0n) is 15.2. The number of amides is 2. The van der Waals surface area contributed by atoms with E-state index in [0.717, 1.165) is 6.08 Å². The topological polar surface area (TPSA) is 121 Å². The van der Waals surface area contributed by atoms with E-state index in [1.807, 2.05) is 0 Å². The highest BCUT2D eigenvalue weighted by Crippen LogP contribution is 2.15. The van der Waals surface area contributed by atoms with Crippen molar-refractivity contribution >= 4 is 29.5 Å². The van der Waals surface area contributed by atoms with E-state index in [1.165, 1.54) is 12.3 Å². The van der Waals surface area contributed by atoms with Crippen molar-refractivity contribution in [2.45, 2.75) is 0 Å². The fraction of sp³-hybridized carbons (Fsp3) is 0.278. The van der Waals surface area contributed by atoms with Crippen LogP contribution in [0.3, 0.4) is 0 Å². The minimum atomic E-state index is -0.742. The number of benzene rings is 1. The molecule has 2 N–H and O–H groups in total. The Morgan fingerprint density at radius 2 is 1.46 bits per heavy atom. The predicted molar refractivity (Wildman–Crippen MR) is 99.6 cm³/mol. The molecule has 1 rings (SSSR count). The maximum atomic E-state index is 11.7. The van der Waals surface area contributed by atoms with Crippen molar-refractivity contribution in [1.29, 1.82) is 0 Å². The van der Waals surface area contributed by atoms with E-state index in [1.54, 1.807) is 18.2 Å². The summed E-state index contributed by atoms with van der Waals surface area (Å²) >= 11 is 0. The summed E-state index contributed by atoms with van der Waals surface area (Å²) in [5.41, 5.74) is 0.786. The van der Waals surface area contributed by atoms with Gasteiger partial charge in [-0.1, -0.05) is 19.2 Å². The van der Waals surface area contributed by atoms with Gasteiger partial charge >= 0.3 is 18.2 Å². The first-order valence-electron chi connectivity index (χ1n) is 8.12. The standard InChI is InChI=1S/C18H22N2O8/c1-3-16(21)26-10-11-28-18(23)20-15-7-5-6-14(12-15)19-17(22)27-9-8-25-13-24-4-2/h3-7,12H,1-2,8-11,13H2,(H,19,22)(H,20,23). The molecule has 1 aromatic rings. The third-order valence-corrected chi connectivity index (χ3v) is 2.81. The summed E-state index contributed by atoms with van der Waals surface area (Å²) < 4.78 is 24.2. The molecule has 0 radical (unpaired) electrons. The Hall–Kier alpha value is -3.53. The molecule has 0 atom stereocenters. The number of hydrogen-bond donors (Lipinski definition) is 2. The predicted octanol–water partition coefficient (Wildman–Crippen LogP) is 2.65. The van der Waals surface area contributed by atoms with Gasteiger partial charge in [-0.3, -0.25) is 10.6 Å². The van der Waals surface area contributed by atoms with Crippen LogP contribution in [0.5, 0.6) is 0 Å². The van der Waals surface area contributed by atoms with Crippen molar-refractivity contribution < 1.29 is 38.1 Å². The van der Waals surface area contributed by atoms with Crippen molar-refractivity contribution in [3.63, 3.8) is 0 Å². The molecule has 0 aliphatic rings. The average Bonchev–Trinajstić information content (AvgIpc) is 2.68. The Balaban J connectivity index is 2.31.